The van der Waals surface area contributed by atoms with Crippen LogP contribution in [0.15, 0.2) is 52.4 Å². The van der Waals surface area contributed by atoms with Crippen LogP contribution in [0.2, 0.25) is 0 Å². The molecule has 4 aromatic rings. The summed E-state index contributed by atoms with van der Waals surface area (Å²) in [4.78, 5) is 5.74. The average molecular weight is 412 g/mol. The molecule has 1 aromatic carbocycles. The molecule has 0 atom stereocenters. The van der Waals surface area contributed by atoms with Gasteiger partial charge in [-0.25, -0.2) is 9.66 Å². The fourth-order valence-electron chi connectivity index (χ4n) is 2.83. The van der Waals surface area contributed by atoms with Crippen molar-refractivity contribution in [3.8, 4) is 22.0 Å². The van der Waals surface area contributed by atoms with Crippen LogP contribution in [0.5, 0.6) is 0 Å². The lowest BCUT2D eigenvalue weighted by molar-refractivity contribution is 0.535. The van der Waals surface area contributed by atoms with Gasteiger partial charge in [-0.1, -0.05) is 49.9 Å². The van der Waals surface area contributed by atoms with Crippen LogP contribution in [-0.4, -0.2) is 19.9 Å². The quantitative estimate of drug-likeness (QED) is 0.351. The van der Waals surface area contributed by atoms with Crippen LogP contribution in [0, 0.1) is 6.92 Å². The van der Waals surface area contributed by atoms with E-state index >= 15 is 0 Å². The summed E-state index contributed by atoms with van der Waals surface area (Å²) >= 11 is 3.23. The zero-order valence-electron chi connectivity index (χ0n) is 15.9. The molecule has 2 N–H and O–H groups in total. The maximum atomic E-state index is 6.18. The summed E-state index contributed by atoms with van der Waals surface area (Å²) < 4.78 is 6.84. The number of nitrogens with two attached hydrogens (primary N) is 1. The third kappa shape index (κ3) is 3.70. The first-order chi connectivity index (χ1) is 13.5. The number of hydrogen-bond acceptors (Lipinski definition) is 7. The molecule has 8 heteroatoms. The smallest absolute Gasteiger partial charge is 0.210 e. The molecule has 3 aromatic heterocycles. The fourth-order valence-corrected chi connectivity index (χ4v) is 4.63. The molecule has 4 rings (SSSR count). The zero-order valence-corrected chi connectivity index (χ0v) is 17.5. The van der Waals surface area contributed by atoms with Gasteiger partial charge in [0.15, 0.2) is 5.82 Å². The highest BCUT2D eigenvalue weighted by atomic mass is 32.2. The van der Waals surface area contributed by atoms with E-state index in [9.17, 15) is 0 Å². The Hall–Kier alpha value is -2.58. The molecule has 0 saturated carbocycles. The van der Waals surface area contributed by atoms with E-state index in [-0.39, 0.29) is 0 Å². The van der Waals surface area contributed by atoms with Crippen molar-refractivity contribution in [1.82, 2.24) is 19.9 Å². The van der Waals surface area contributed by atoms with Crippen LogP contribution >= 0.6 is 23.1 Å². The van der Waals surface area contributed by atoms with Crippen LogP contribution in [0.1, 0.15) is 36.0 Å². The second-order valence-electron chi connectivity index (χ2n) is 6.76. The van der Waals surface area contributed by atoms with Gasteiger partial charge in [-0.2, -0.15) is 0 Å². The Morgan fingerprint density at radius 3 is 2.64 bits per heavy atom. The summed E-state index contributed by atoms with van der Waals surface area (Å²) in [6, 6.07) is 10.5. The van der Waals surface area contributed by atoms with Crippen LogP contribution in [-0.2, 0) is 5.75 Å². The van der Waals surface area contributed by atoms with Crippen LogP contribution < -0.4 is 5.84 Å². The Labute approximate surface area is 171 Å². The van der Waals surface area contributed by atoms with Gasteiger partial charge in [0.1, 0.15) is 10.8 Å². The standard InChI is InChI=1S/C20H21N5OS2/c1-12(2)14-4-6-15(7-5-14)19-22-10-16(28-19)11-27-20-24-23-18(25(20)21)17-8-9-26-13(17)3/h4-10,12H,11,21H2,1-3H3. The first-order valence-corrected chi connectivity index (χ1v) is 10.8. The van der Waals surface area contributed by atoms with Gasteiger partial charge < -0.3 is 10.3 Å². The molecule has 0 radical (unpaired) electrons. The Morgan fingerprint density at radius 1 is 1.18 bits per heavy atom. The first kappa shape index (κ1) is 18.8. The summed E-state index contributed by atoms with van der Waals surface area (Å²) in [6.45, 7) is 6.27. The van der Waals surface area contributed by atoms with Crippen molar-refractivity contribution in [2.24, 2.45) is 0 Å². The van der Waals surface area contributed by atoms with Crippen molar-refractivity contribution in [3.05, 3.63) is 59.0 Å². The Kier molecular flexibility index (Phi) is 5.23. The third-order valence-corrected chi connectivity index (χ3v) is 6.71. The molecule has 0 aliphatic rings. The van der Waals surface area contributed by atoms with E-state index in [1.54, 1.807) is 29.4 Å². The van der Waals surface area contributed by atoms with Gasteiger partial charge in [-0.3, -0.25) is 0 Å². The summed E-state index contributed by atoms with van der Waals surface area (Å²) in [5.74, 6) is 8.82. The molecule has 0 amide bonds. The van der Waals surface area contributed by atoms with Crippen LogP contribution in [0.3, 0.4) is 0 Å². The predicted octanol–water partition coefficient (Wildman–Crippen LogP) is 5.10. The van der Waals surface area contributed by atoms with Crippen molar-refractivity contribution in [1.29, 1.82) is 0 Å². The molecule has 0 unspecified atom stereocenters. The van der Waals surface area contributed by atoms with E-state index in [1.165, 1.54) is 10.2 Å². The Bertz CT molecular complexity index is 1080. The fraction of sp³-hybridized carbons (Fsp3) is 0.250. The molecule has 0 aliphatic carbocycles. The van der Waals surface area contributed by atoms with E-state index in [0.29, 0.717) is 16.9 Å². The Morgan fingerprint density at radius 2 is 1.96 bits per heavy atom. The molecule has 0 aliphatic heterocycles. The highest BCUT2D eigenvalue weighted by Gasteiger charge is 2.16. The summed E-state index contributed by atoms with van der Waals surface area (Å²) in [5, 5.41) is 10.1. The van der Waals surface area contributed by atoms with Gasteiger partial charge in [0.05, 0.1) is 11.8 Å². The maximum Gasteiger partial charge on any atom is 0.210 e. The average Bonchev–Trinajstić information content (AvgIpc) is 3.41. The van der Waals surface area contributed by atoms with Crippen molar-refractivity contribution in [2.45, 2.75) is 37.6 Å². The summed E-state index contributed by atoms with van der Waals surface area (Å²) in [5.41, 5.74) is 3.33. The molecule has 0 fully saturated rings. The van der Waals surface area contributed by atoms with Crippen LogP contribution in [0.25, 0.3) is 22.0 Å². The highest BCUT2D eigenvalue weighted by molar-refractivity contribution is 7.98. The van der Waals surface area contributed by atoms with E-state index in [2.05, 4.69) is 53.3 Å². The van der Waals surface area contributed by atoms with Gasteiger partial charge >= 0.3 is 0 Å². The highest BCUT2D eigenvalue weighted by Crippen LogP contribution is 2.31. The number of aryl methyl sites for hydroxylation is 1. The van der Waals surface area contributed by atoms with Gasteiger partial charge in [-0.15, -0.1) is 21.5 Å². The van der Waals surface area contributed by atoms with Crippen LogP contribution in [0.4, 0.5) is 0 Å². The molecule has 28 heavy (non-hydrogen) atoms. The number of nitrogens with zero attached hydrogens (tertiary/aromatic N) is 4. The number of benzene rings is 1. The number of thioether (sulfide) groups is 1. The minimum atomic E-state index is 0.529. The molecule has 0 bridgehead atoms. The molecular weight excluding hydrogens is 390 g/mol. The molecule has 3 heterocycles. The van der Waals surface area contributed by atoms with E-state index < -0.39 is 0 Å². The van der Waals surface area contributed by atoms with Crippen molar-refractivity contribution in [2.75, 3.05) is 5.84 Å². The maximum absolute atomic E-state index is 6.18. The van der Waals surface area contributed by atoms with Gasteiger partial charge in [-0.05, 0) is 24.5 Å². The second-order valence-corrected chi connectivity index (χ2v) is 8.82. The molecule has 0 spiro atoms. The molecule has 0 saturated heterocycles. The van der Waals surface area contributed by atoms with Gasteiger partial charge in [0.25, 0.3) is 0 Å². The number of hydrogen-bond donors (Lipinski definition) is 1. The number of nitrogen functional groups attached to an aromatic ring is 1. The number of aromatic nitrogens is 4. The predicted molar refractivity (Wildman–Crippen MR) is 114 cm³/mol. The van der Waals surface area contributed by atoms with Crippen molar-refractivity contribution in [3.63, 3.8) is 0 Å². The van der Waals surface area contributed by atoms with Gasteiger partial charge in [0.2, 0.25) is 5.16 Å². The van der Waals surface area contributed by atoms with E-state index in [4.69, 9.17) is 10.3 Å². The van der Waals surface area contributed by atoms with Gasteiger partial charge in [0, 0.05) is 22.4 Å². The lowest BCUT2D eigenvalue weighted by Crippen LogP contribution is -2.11. The number of thiazole rings is 1. The minimum absolute atomic E-state index is 0.529. The lowest BCUT2D eigenvalue weighted by atomic mass is 10.0. The van der Waals surface area contributed by atoms with Crippen molar-refractivity contribution < 1.29 is 4.42 Å². The van der Waals surface area contributed by atoms with E-state index in [0.717, 1.165) is 32.5 Å². The second kappa shape index (κ2) is 7.81. The third-order valence-electron chi connectivity index (χ3n) is 4.49. The summed E-state index contributed by atoms with van der Waals surface area (Å²) in [6.07, 6.45) is 3.54. The largest absolute Gasteiger partial charge is 0.469 e. The molecule has 6 nitrogen and oxygen atoms in total. The minimum Gasteiger partial charge on any atom is -0.469 e. The number of rotatable bonds is 6. The molecular formula is C20H21N5OS2. The zero-order chi connectivity index (χ0) is 19.7. The molecule has 144 valence electrons. The van der Waals surface area contributed by atoms with Crippen molar-refractivity contribution >= 4 is 23.1 Å². The Balaban J connectivity index is 1.45. The SMILES string of the molecule is Cc1occc1-c1nnc(SCc2cnc(-c3ccc(C(C)C)cc3)s2)n1N. The first-order valence-electron chi connectivity index (χ1n) is 8.95. The monoisotopic (exact) mass is 411 g/mol. The topological polar surface area (TPSA) is 82.8 Å². The number of furan rings is 1. The van der Waals surface area contributed by atoms with E-state index in [1.807, 2.05) is 19.2 Å². The summed E-state index contributed by atoms with van der Waals surface area (Å²) in [7, 11) is 0. The lowest BCUT2D eigenvalue weighted by Gasteiger charge is -2.05. The normalized spacial score (nSPS) is 11.4.